The monoisotopic (exact) mass is 316 g/mol. The molecule has 124 valence electrons. The van der Waals surface area contributed by atoms with E-state index in [1.807, 2.05) is 25.1 Å². The summed E-state index contributed by atoms with van der Waals surface area (Å²) in [6.07, 6.45) is 3.82. The van der Waals surface area contributed by atoms with Crippen molar-refractivity contribution in [1.82, 2.24) is 9.80 Å². The van der Waals surface area contributed by atoms with Gasteiger partial charge in [-0.3, -0.25) is 9.59 Å². The number of hydrogen-bond donors (Lipinski definition) is 1. The molecule has 0 aromatic heterocycles. The fraction of sp³-hybridized carbons (Fsp3) is 0.556. The molecule has 5 heteroatoms. The van der Waals surface area contributed by atoms with E-state index < -0.39 is 0 Å². The van der Waals surface area contributed by atoms with Crippen molar-refractivity contribution in [2.75, 3.05) is 20.6 Å². The predicted octanol–water partition coefficient (Wildman–Crippen LogP) is 2.24. The first-order valence-corrected chi connectivity index (χ1v) is 8.28. The quantitative estimate of drug-likeness (QED) is 0.930. The third-order valence-electron chi connectivity index (χ3n) is 5.09. The molecular formula is C18H24N2O3. The Bertz CT molecular complexity index is 619. The molecule has 1 saturated carbocycles. The Balaban J connectivity index is 1.56. The molecule has 0 bridgehead atoms. The number of nitrogens with zero attached hydrogens (tertiary/aromatic N) is 2. The van der Waals surface area contributed by atoms with Gasteiger partial charge in [0, 0.05) is 38.7 Å². The minimum Gasteiger partial charge on any atom is -0.508 e. The SMILES string of the molecule is CN(C)C(=O)[C@H]1CC[C@H](CN2Cc3ccc(O)cc3C2=O)CC1. The molecule has 1 aliphatic carbocycles. The van der Waals surface area contributed by atoms with Crippen LogP contribution in [-0.4, -0.2) is 47.4 Å². The lowest BCUT2D eigenvalue weighted by molar-refractivity contribution is -0.134. The molecule has 3 rings (SSSR count). The summed E-state index contributed by atoms with van der Waals surface area (Å²) in [7, 11) is 3.62. The van der Waals surface area contributed by atoms with Crippen molar-refractivity contribution in [2.45, 2.75) is 32.2 Å². The molecule has 0 atom stereocenters. The highest BCUT2D eigenvalue weighted by Gasteiger charge is 2.32. The van der Waals surface area contributed by atoms with E-state index in [9.17, 15) is 14.7 Å². The number of phenolic OH excluding ortho intramolecular Hbond substituents is 1. The molecular weight excluding hydrogens is 292 g/mol. The van der Waals surface area contributed by atoms with E-state index in [1.54, 1.807) is 17.0 Å². The maximum absolute atomic E-state index is 12.4. The first-order chi connectivity index (χ1) is 11.0. The largest absolute Gasteiger partial charge is 0.508 e. The highest BCUT2D eigenvalue weighted by molar-refractivity contribution is 5.98. The Morgan fingerprint density at radius 1 is 1.26 bits per heavy atom. The van der Waals surface area contributed by atoms with Gasteiger partial charge in [-0.15, -0.1) is 0 Å². The van der Waals surface area contributed by atoms with Gasteiger partial charge in [-0.1, -0.05) is 6.07 Å². The Morgan fingerprint density at radius 2 is 1.96 bits per heavy atom. The summed E-state index contributed by atoms with van der Waals surface area (Å²) in [6.45, 7) is 1.38. The number of carbonyl (C=O) groups is 2. The average molecular weight is 316 g/mol. The van der Waals surface area contributed by atoms with Gasteiger partial charge in [-0.25, -0.2) is 0 Å². The van der Waals surface area contributed by atoms with Crippen LogP contribution in [0.5, 0.6) is 5.75 Å². The van der Waals surface area contributed by atoms with Crippen LogP contribution in [0.2, 0.25) is 0 Å². The zero-order chi connectivity index (χ0) is 16.6. The zero-order valence-electron chi connectivity index (χ0n) is 13.8. The summed E-state index contributed by atoms with van der Waals surface area (Å²) in [5.41, 5.74) is 1.62. The van der Waals surface area contributed by atoms with Crippen molar-refractivity contribution in [3.05, 3.63) is 29.3 Å². The normalized spacial score (nSPS) is 23.7. The number of benzene rings is 1. The van der Waals surface area contributed by atoms with Crippen molar-refractivity contribution >= 4 is 11.8 Å². The maximum atomic E-state index is 12.4. The van der Waals surface area contributed by atoms with Crippen LogP contribution in [0.15, 0.2) is 18.2 Å². The van der Waals surface area contributed by atoms with E-state index in [0.29, 0.717) is 18.0 Å². The van der Waals surface area contributed by atoms with E-state index in [2.05, 4.69) is 0 Å². The number of amides is 2. The van der Waals surface area contributed by atoms with Crippen molar-refractivity contribution in [1.29, 1.82) is 0 Å². The minimum absolute atomic E-state index is 0.0161. The number of phenols is 1. The first-order valence-electron chi connectivity index (χ1n) is 8.28. The minimum atomic E-state index is 0.0161. The Morgan fingerprint density at radius 3 is 2.61 bits per heavy atom. The van der Waals surface area contributed by atoms with E-state index in [0.717, 1.165) is 37.8 Å². The number of aromatic hydroxyl groups is 1. The van der Waals surface area contributed by atoms with Crippen molar-refractivity contribution < 1.29 is 14.7 Å². The Kier molecular flexibility index (Phi) is 4.28. The number of rotatable bonds is 3. The van der Waals surface area contributed by atoms with Crippen LogP contribution in [0, 0.1) is 11.8 Å². The highest BCUT2D eigenvalue weighted by atomic mass is 16.3. The molecule has 1 heterocycles. The standard InChI is InChI=1S/C18H24N2O3/c1-19(2)17(22)13-5-3-12(4-6-13)10-20-11-14-7-8-15(21)9-16(14)18(20)23/h7-9,12-13,21H,3-6,10-11H2,1-2H3/t12-,13-. The van der Waals surface area contributed by atoms with Crippen LogP contribution < -0.4 is 0 Å². The third kappa shape index (κ3) is 3.19. The fourth-order valence-electron chi connectivity index (χ4n) is 3.77. The van der Waals surface area contributed by atoms with Gasteiger partial charge in [0.2, 0.25) is 5.91 Å². The number of fused-ring (bicyclic) bond motifs is 1. The molecule has 0 unspecified atom stereocenters. The van der Waals surface area contributed by atoms with Crippen molar-refractivity contribution in [3.63, 3.8) is 0 Å². The third-order valence-corrected chi connectivity index (χ3v) is 5.09. The van der Waals surface area contributed by atoms with Crippen LogP contribution in [0.25, 0.3) is 0 Å². The van der Waals surface area contributed by atoms with Gasteiger partial charge >= 0.3 is 0 Å². The molecule has 5 nitrogen and oxygen atoms in total. The zero-order valence-corrected chi connectivity index (χ0v) is 13.8. The van der Waals surface area contributed by atoms with E-state index in [4.69, 9.17) is 0 Å². The lowest BCUT2D eigenvalue weighted by Crippen LogP contribution is -2.35. The van der Waals surface area contributed by atoms with Crippen LogP contribution >= 0.6 is 0 Å². The highest BCUT2D eigenvalue weighted by Crippen LogP contribution is 2.33. The van der Waals surface area contributed by atoms with E-state index in [1.165, 1.54) is 0 Å². The van der Waals surface area contributed by atoms with Gasteiger partial charge in [0.05, 0.1) is 0 Å². The fourth-order valence-corrected chi connectivity index (χ4v) is 3.77. The second kappa shape index (κ2) is 6.22. The molecule has 1 aromatic rings. The van der Waals surface area contributed by atoms with Crippen molar-refractivity contribution in [3.8, 4) is 5.75 Å². The average Bonchev–Trinajstić information content (AvgIpc) is 2.83. The van der Waals surface area contributed by atoms with Gasteiger partial charge in [0.1, 0.15) is 5.75 Å². The summed E-state index contributed by atoms with van der Waals surface area (Å²) in [6, 6.07) is 5.02. The molecule has 1 aromatic carbocycles. The van der Waals surface area contributed by atoms with Crippen LogP contribution in [0.4, 0.5) is 0 Å². The van der Waals surface area contributed by atoms with Crippen LogP contribution in [0.3, 0.4) is 0 Å². The first kappa shape index (κ1) is 15.8. The molecule has 0 saturated heterocycles. The van der Waals surface area contributed by atoms with Gasteiger partial charge in [-0.2, -0.15) is 0 Å². The Hall–Kier alpha value is -2.04. The van der Waals surface area contributed by atoms with Gasteiger partial charge in [0.15, 0.2) is 0 Å². The summed E-state index contributed by atoms with van der Waals surface area (Å²) < 4.78 is 0. The summed E-state index contributed by atoms with van der Waals surface area (Å²) in [5, 5.41) is 9.54. The molecule has 1 fully saturated rings. The maximum Gasteiger partial charge on any atom is 0.254 e. The predicted molar refractivity (Wildman–Crippen MR) is 87.0 cm³/mol. The molecule has 1 N–H and O–H groups in total. The van der Waals surface area contributed by atoms with Crippen molar-refractivity contribution in [2.24, 2.45) is 11.8 Å². The van der Waals surface area contributed by atoms with Crippen LogP contribution in [-0.2, 0) is 11.3 Å². The number of hydrogen-bond acceptors (Lipinski definition) is 3. The smallest absolute Gasteiger partial charge is 0.254 e. The Labute approximate surface area is 136 Å². The van der Waals surface area contributed by atoms with E-state index in [-0.39, 0.29) is 23.5 Å². The summed E-state index contributed by atoms with van der Waals surface area (Å²) in [4.78, 5) is 28.0. The molecule has 23 heavy (non-hydrogen) atoms. The molecule has 2 aliphatic rings. The van der Waals surface area contributed by atoms with Crippen LogP contribution in [0.1, 0.15) is 41.6 Å². The lowest BCUT2D eigenvalue weighted by atomic mass is 9.81. The summed E-state index contributed by atoms with van der Waals surface area (Å²) >= 11 is 0. The second-order valence-electron chi connectivity index (χ2n) is 6.98. The topological polar surface area (TPSA) is 60.9 Å². The summed E-state index contributed by atoms with van der Waals surface area (Å²) in [5.74, 6) is 0.991. The lowest BCUT2D eigenvalue weighted by Gasteiger charge is -2.31. The number of carbonyl (C=O) groups excluding carboxylic acids is 2. The van der Waals surface area contributed by atoms with Gasteiger partial charge in [-0.05, 0) is 49.3 Å². The molecule has 2 amide bonds. The van der Waals surface area contributed by atoms with Gasteiger partial charge in [0.25, 0.3) is 5.91 Å². The van der Waals surface area contributed by atoms with Gasteiger partial charge < -0.3 is 14.9 Å². The molecule has 1 aliphatic heterocycles. The second-order valence-corrected chi connectivity index (χ2v) is 6.98. The van der Waals surface area contributed by atoms with E-state index >= 15 is 0 Å². The molecule has 0 spiro atoms. The molecule has 0 radical (unpaired) electrons.